The molecule has 0 saturated carbocycles. The second-order valence-corrected chi connectivity index (χ2v) is 12.5. The Morgan fingerprint density at radius 2 is 1.96 bits per heavy atom. The second kappa shape index (κ2) is 12.4. The van der Waals surface area contributed by atoms with E-state index in [1.807, 2.05) is 42.5 Å². The number of urea groups is 1. The first-order chi connectivity index (χ1) is 22.8. The van der Waals surface area contributed by atoms with Crippen molar-refractivity contribution in [2.45, 2.75) is 31.7 Å². The number of thiazole rings is 1. The lowest BCUT2D eigenvalue weighted by Crippen LogP contribution is -2.66. The highest BCUT2D eigenvalue weighted by Gasteiger charge is 2.52. The van der Waals surface area contributed by atoms with Crippen molar-refractivity contribution in [1.29, 1.82) is 0 Å². The van der Waals surface area contributed by atoms with E-state index >= 15 is 0 Å². The summed E-state index contributed by atoms with van der Waals surface area (Å²) < 4.78 is 19.8. The van der Waals surface area contributed by atoms with Crippen LogP contribution in [0.3, 0.4) is 0 Å². The first-order valence-electron chi connectivity index (χ1n) is 15.0. The van der Waals surface area contributed by atoms with Crippen LogP contribution in [0.1, 0.15) is 16.7 Å². The number of hydrogen-bond acceptors (Lipinski definition) is 8. The number of fused-ring (bicyclic) bond motifs is 3. The Balaban J connectivity index is 1.21. The molecule has 2 aliphatic rings. The molecule has 4 amide bonds. The number of nitrogen functional groups attached to an aromatic ring is 1. The number of carbonyl (C=O) groups is 3. The predicted octanol–water partition coefficient (Wildman–Crippen LogP) is 3.95. The van der Waals surface area contributed by atoms with E-state index in [0.717, 1.165) is 32.3 Å². The zero-order chi connectivity index (χ0) is 32.7. The monoisotopic (exact) mass is 651 g/mol. The van der Waals surface area contributed by atoms with E-state index in [-0.39, 0.29) is 56.8 Å². The number of nitrogens with one attached hydrogen (secondary N) is 1. The van der Waals surface area contributed by atoms with Gasteiger partial charge in [-0.15, -0.1) is 6.42 Å². The molecule has 2 fully saturated rings. The summed E-state index contributed by atoms with van der Waals surface area (Å²) in [7, 11) is 0. The van der Waals surface area contributed by atoms with Crippen molar-refractivity contribution in [3.63, 3.8) is 0 Å². The van der Waals surface area contributed by atoms with Crippen molar-refractivity contribution in [1.82, 2.24) is 30.1 Å². The van der Waals surface area contributed by atoms with Crippen LogP contribution >= 0.6 is 11.3 Å². The molecule has 7 rings (SSSR count). The summed E-state index contributed by atoms with van der Waals surface area (Å²) >= 11 is 1.37. The molecular weight excluding hydrogens is 621 g/mol. The number of terminal acetylenes is 1. The topological polar surface area (TPSA) is 128 Å². The van der Waals surface area contributed by atoms with Gasteiger partial charge in [-0.25, -0.2) is 19.2 Å². The zero-order valence-electron chi connectivity index (χ0n) is 25.1. The minimum Gasteiger partial charge on any atom is -0.464 e. The van der Waals surface area contributed by atoms with Gasteiger partial charge in [0.05, 0.1) is 36.1 Å². The summed E-state index contributed by atoms with van der Waals surface area (Å²) in [6.45, 7) is 0.229. The first kappa shape index (κ1) is 30.2. The highest BCUT2D eigenvalue weighted by Crippen LogP contribution is 2.33. The molecule has 3 aromatic carbocycles. The van der Waals surface area contributed by atoms with Crippen LogP contribution in [0.25, 0.3) is 21.2 Å². The second-order valence-electron chi connectivity index (χ2n) is 11.5. The number of halogens is 1. The summed E-state index contributed by atoms with van der Waals surface area (Å²) in [6, 6.07) is 17.7. The molecule has 4 heterocycles. The van der Waals surface area contributed by atoms with Crippen LogP contribution < -0.4 is 11.1 Å². The van der Waals surface area contributed by atoms with Gasteiger partial charge in [-0.3, -0.25) is 9.59 Å². The molecule has 0 spiro atoms. The summed E-state index contributed by atoms with van der Waals surface area (Å²) in [5.74, 6) is 1.64. The van der Waals surface area contributed by atoms with Crippen LogP contribution in [0.15, 0.2) is 77.4 Å². The number of hydrogen-bond donors (Lipinski definition) is 2. The lowest BCUT2D eigenvalue weighted by molar-refractivity contribution is -0.157. The van der Waals surface area contributed by atoms with Gasteiger partial charge in [-0.05, 0) is 53.1 Å². The first-order valence-corrected chi connectivity index (χ1v) is 15.8. The molecule has 47 heavy (non-hydrogen) atoms. The molecule has 3 N–H and O–H groups in total. The van der Waals surface area contributed by atoms with Gasteiger partial charge in [-0.1, -0.05) is 47.6 Å². The lowest BCUT2D eigenvalue weighted by Gasteiger charge is -2.46. The fourth-order valence-electron chi connectivity index (χ4n) is 6.35. The number of anilines is 1. The number of furan rings is 1. The molecule has 11 nitrogen and oxygen atoms in total. The van der Waals surface area contributed by atoms with Crippen molar-refractivity contribution in [2.75, 3.05) is 25.4 Å². The van der Waals surface area contributed by atoms with Crippen LogP contribution in [-0.2, 0) is 29.1 Å². The van der Waals surface area contributed by atoms with Gasteiger partial charge in [0.1, 0.15) is 23.6 Å². The van der Waals surface area contributed by atoms with Crippen molar-refractivity contribution in [2.24, 2.45) is 0 Å². The van der Waals surface area contributed by atoms with Gasteiger partial charge >= 0.3 is 6.03 Å². The Kier molecular flexibility index (Phi) is 7.97. The van der Waals surface area contributed by atoms with E-state index in [1.54, 1.807) is 33.2 Å². The number of aromatic nitrogens is 1. The third-order valence-electron chi connectivity index (χ3n) is 8.54. The van der Waals surface area contributed by atoms with Gasteiger partial charge in [0.15, 0.2) is 5.13 Å². The molecule has 13 heteroatoms. The van der Waals surface area contributed by atoms with Crippen molar-refractivity contribution in [3.05, 3.63) is 95.5 Å². The zero-order valence-corrected chi connectivity index (χ0v) is 26.0. The standard InChI is InChI=1S/C34H30FN7O4S/c1-2-13-40(34(45)37-17-21-6-9-25(35)10-7-21)41-20-30(43)42-26(16-22-8-11-27-23(15-22)12-14-46-27)32(44)39(19-29(41)42)18-24-4-3-5-28-31(24)38-33(36)47-28/h1,3-12,14-15,26,29H,13,16-20H2,(H2,36,38)(H,37,45)/t26-,29+/m0/s1. The molecule has 0 aliphatic carbocycles. The third-order valence-corrected chi connectivity index (χ3v) is 9.39. The number of hydrazine groups is 1. The van der Waals surface area contributed by atoms with Crippen LogP contribution in [-0.4, -0.2) is 74.5 Å². The molecule has 238 valence electrons. The van der Waals surface area contributed by atoms with Crippen LogP contribution in [0.2, 0.25) is 0 Å². The summed E-state index contributed by atoms with van der Waals surface area (Å²) in [6.07, 6.45) is 6.89. The fourth-order valence-corrected chi connectivity index (χ4v) is 7.13. The van der Waals surface area contributed by atoms with Crippen LogP contribution in [0, 0.1) is 18.2 Å². The number of nitrogens with zero attached hydrogens (tertiary/aromatic N) is 5. The molecule has 2 aliphatic heterocycles. The minimum atomic E-state index is -0.842. The Hall–Kier alpha value is -5.45. The van der Waals surface area contributed by atoms with E-state index in [0.29, 0.717) is 10.7 Å². The lowest BCUT2D eigenvalue weighted by atomic mass is 9.99. The number of nitrogens with two attached hydrogens (primary N) is 1. The van der Waals surface area contributed by atoms with E-state index in [2.05, 4.69) is 16.2 Å². The fraction of sp³-hybridized carbons (Fsp3) is 0.235. The maximum Gasteiger partial charge on any atom is 0.333 e. The number of carbonyl (C=O) groups excluding carboxylic acids is 3. The van der Waals surface area contributed by atoms with Crippen molar-refractivity contribution >= 4 is 55.5 Å². The summed E-state index contributed by atoms with van der Waals surface area (Å²) in [5.41, 5.74) is 9.83. The van der Waals surface area contributed by atoms with Gasteiger partial charge < -0.3 is 25.3 Å². The summed E-state index contributed by atoms with van der Waals surface area (Å²) in [5, 5.41) is 7.11. The number of amides is 4. The van der Waals surface area contributed by atoms with E-state index in [1.165, 1.54) is 28.5 Å². The molecule has 0 radical (unpaired) electrons. The predicted molar refractivity (Wildman–Crippen MR) is 175 cm³/mol. The highest BCUT2D eigenvalue weighted by atomic mass is 32.1. The maximum atomic E-state index is 14.3. The van der Waals surface area contributed by atoms with Crippen molar-refractivity contribution < 1.29 is 23.2 Å². The number of benzene rings is 3. The average molecular weight is 652 g/mol. The van der Waals surface area contributed by atoms with Gasteiger partial charge in [-0.2, -0.15) is 5.01 Å². The summed E-state index contributed by atoms with van der Waals surface area (Å²) in [4.78, 5) is 49.4. The number of rotatable bonds is 8. The van der Waals surface area contributed by atoms with E-state index in [4.69, 9.17) is 16.6 Å². The minimum absolute atomic E-state index is 0.111. The number of piperazine rings is 1. The van der Waals surface area contributed by atoms with E-state index in [9.17, 15) is 18.8 Å². The Labute approximate surface area is 273 Å². The normalized spacial score (nSPS) is 18.1. The molecule has 0 unspecified atom stereocenters. The quantitative estimate of drug-likeness (QED) is 0.243. The number of para-hydroxylation sites is 1. The smallest absolute Gasteiger partial charge is 0.333 e. The molecule has 0 bridgehead atoms. The van der Waals surface area contributed by atoms with E-state index < -0.39 is 18.2 Å². The van der Waals surface area contributed by atoms with Crippen molar-refractivity contribution in [3.8, 4) is 12.3 Å². The Bertz CT molecular complexity index is 2040. The largest absolute Gasteiger partial charge is 0.464 e. The van der Waals surface area contributed by atoms with Gasteiger partial charge in [0.25, 0.3) is 0 Å². The Morgan fingerprint density at radius 3 is 2.77 bits per heavy atom. The van der Waals surface area contributed by atoms with Crippen LogP contribution in [0.4, 0.5) is 14.3 Å². The molecular formula is C34H30FN7O4S. The maximum absolute atomic E-state index is 14.3. The SMILES string of the molecule is C#CCN(C(=O)NCc1ccc(F)cc1)N1CC(=O)N2[C@@H](Cc3ccc4occc4c3)C(=O)N(Cc3cccc4sc(N)nc34)C[C@@H]21. The molecule has 2 atom stereocenters. The van der Waals surface area contributed by atoms with Gasteiger partial charge in [0, 0.05) is 24.9 Å². The highest BCUT2D eigenvalue weighted by molar-refractivity contribution is 7.22. The van der Waals surface area contributed by atoms with Crippen LogP contribution in [0.5, 0.6) is 0 Å². The Morgan fingerprint density at radius 1 is 1.15 bits per heavy atom. The molecule has 2 aromatic heterocycles. The average Bonchev–Trinajstić information content (AvgIpc) is 3.77. The molecule has 2 saturated heterocycles. The molecule has 5 aromatic rings. The van der Waals surface area contributed by atoms with Gasteiger partial charge in [0.2, 0.25) is 11.8 Å². The third kappa shape index (κ3) is 5.84.